The van der Waals surface area contributed by atoms with Crippen LogP contribution in [0.25, 0.3) is 10.9 Å². The van der Waals surface area contributed by atoms with Crippen molar-refractivity contribution in [3.05, 3.63) is 29.1 Å². The van der Waals surface area contributed by atoms with Gasteiger partial charge in [0, 0.05) is 39.1 Å². The Bertz CT molecular complexity index is 630. The Labute approximate surface area is 118 Å². The Morgan fingerprint density at radius 2 is 2.33 bits per heavy atom. The van der Waals surface area contributed by atoms with Crippen molar-refractivity contribution in [1.82, 2.24) is 9.97 Å². The minimum absolute atomic E-state index is 0. The van der Waals surface area contributed by atoms with Crippen molar-refractivity contribution in [2.24, 2.45) is 0 Å². The van der Waals surface area contributed by atoms with Crippen LogP contribution in [-0.4, -0.2) is 16.3 Å². The number of rotatable bonds is 1. The molecule has 2 N–H and O–H groups in total. The monoisotopic (exact) mass is 326 g/mol. The van der Waals surface area contributed by atoms with Gasteiger partial charge in [-0.1, -0.05) is 11.1 Å². The van der Waals surface area contributed by atoms with Crippen molar-refractivity contribution in [2.75, 3.05) is 5.73 Å². The number of fused-ring (bicyclic) bond motifs is 3. The second kappa shape index (κ2) is 4.75. The second-order valence-corrected chi connectivity index (χ2v) is 4.03. The van der Waals surface area contributed by atoms with Crippen molar-refractivity contribution < 1.29 is 30.6 Å². The van der Waals surface area contributed by atoms with E-state index in [2.05, 4.69) is 9.97 Å². The molecule has 2 aromatic rings. The van der Waals surface area contributed by atoms with Crippen molar-refractivity contribution in [2.45, 2.75) is 19.6 Å². The fraction of sp³-hybridized carbons (Fsp3) is 0.250. The van der Waals surface area contributed by atoms with Crippen LogP contribution in [0.15, 0.2) is 12.3 Å². The molecule has 0 unspecified atom stereocenters. The van der Waals surface area contributed by atoms with Crippen LogP contribution in [0.5, 0.6) is 0 Å². The Morgan fingerprint density at radius 1 is 1.56 bits per heavy atom. The molecule has 5 nitrogen and oxygen atoms in total. The number of aromatic nitrogens is 2. The molecule has 92 valence electrons. The molecule has 0 saturated carbocycles. The molecule has 6 heteroatoms. The maximum atomic E-state index is 10.6. The number of ether oxygens (including phenoxy) is 1. The summed E-state index contributed by atoms with van der Waals surface area (Å²) in [5, 5.41) is 0.868. The van der Waals surface area contributed by atoms with Crippen LogP contribution in [0.1, 0.15) is 29.8 Å². The Hall–Kier alpha value is -1.32. The molecule has 1 aliphatic heterocycles. The normalized spacial score (nSPS) is 17.3. The molecular weight excluding hydrogens is 314 g/mol. The third-order valence-corrected chi connectivity index (χ3v) is 3.04. The summed E-state index contributed by atoms with van der Waals surface area (Å²) in [6.07, 6.45) is 3.26. The number of pyridine rings is 2. The van der Waals surface area contributed by atoms with Crippen molar-refractivity contribution in [3.63, 3.8) is 0 Å². The van der Waals surface area contributed by atoms with Gasteiger partial charge in [-0.15, -0.1) is 0 Å². The topological polar surface area (TPSA) is 78.1 Å². The summed E-state index contributed by atoms with van der Waals surface area (Å²) >= 11 is 0. The maximum Gasteiger partial charge on any atom is 0.130 e. The number of hydrogen-bond acceptors (Lipinski definition) is 5. The first kappa shape index (κ1) is 13.1. The van der Waals surface area contributed by atoms with Gasteiger partial charge in [0.15, 0.2) is 0 Å². The van der Waals surface area contributed by atoms with E-state index >= 15 is 0 Å². The molecule has 0 amide bonds. The molecule has 0 bridgehead atoms. The number of carbonyl (C=O) groups excluding carboxylic acids is 1. The smallest absolute Gasteiger partial charge is 0.130 e. The van der Waals surface area contributed by atoms with Crippen LogP contribution in [0, 0.1) is 0 Å². The van der Waals surface area contributed by atoms with E-state index in [4.69, 9.17) is 10.5 Å². The van der Waals surface area contributed by atoms with Gasteiger partial charge in [0.1, 0.15) is 5.82 Å². The Morgan fingerprint density at radius 3 is 3.06 bits per heavy atom. The van der Waals surface area contributed by atoms with Crippen LogP contribution in [0.4, 0.5) is 5.82 Å². The SMILES string of the molecule is C[C@H]1OCc2c1c(N)nc1cnc([C-]=O)cc21.[Mo]. The summed E-state index contributed by atoms with van der Waals surface area (Å²) in [7, 11) is 0. The molecule has 0 aromatic carbocycles. The summed E-state index contributed by atoms with van der Waals surface area (Å²) in [4.78, 5) is 18.8. The van der Waals surface area contributed by atoms with Crippen molar-refractivity contribution >= 4 is 23.0 Å². The molecule has 0 fully saturated rings. The zero-order valence-electron chi connectivity index (χ0n) is 9.64. The summed E-state index contributed by atoms with van der Waals surface area (Å²) < 4.78 is 5.55. The average molecular weight is 324 g/mol. The zero-order chi connectivity index (χ0) is 12.0. The summed E-state index contributed by atoms with van der Waals surface area (Å²) in [6, 6.07) is 1.68. The molecule has 0 radical (unpaired) electrons. The summed E-state index contributed by atoms with van der Waals surface area (Å²) in [5.41, 5.74) is 8.77. The number of nitrogens with two attached hydrogens (primary N) is 1. The molecule has 0 spiro atoms. The zero-order valence-corrected chi connectivity index (χ0v) is 11.6. The van der Waals surface area contributed by atoms with Crippen molar-refractivity contribution in [1.29, 1.82) is 0 Å². The minimum atomic E-state index is -0.0567. The van der Waals surface area contributed by atoms with Crippen LogP contribution in [0.2, 0.25) is 0 Å². The molecule has 0 aliphatic carbocycles. The molecule has 2 aromatic heterocycles. The number of nitrogens with zero attached hydrogens (tertiary/aromatic N) is 2. The van der Waals surface area contributed by atoms with Crippen LogP contribution in [0.3, 0.4) is 0 Å². The van der Waals surface area contributed by atoms with E-state index in [1.54, 1.807) is 12.4 Å². The molecule has 3 heterocycles. The van der Waals surface area contributed by atoms with Gasteiger partial charge >= 0.3 is 0 Å². The van der Waals surface area contributed by atoms with Gasteiger partial charge in [-0.25, -0.2) is 4.98 Å². The summed E-state index contributed by atoms with van der Waals surface area (Å²) in [6.45, 7) is 2.42. The van der Waals surface area contributed by atoms with E-state index in [1.165, 1.54) is 6.20 Å². The third kappa shape index (κ3) is 1.84. The predicted molar refractivity (Wildman–Crippen MR) is 61.9 cm³/mol. The largest absolute Gasteiger partial charge is 0.417 e. The standard InChI is InChI=1S/C12H10N3O2.Mo/c1-6-11-9(5-17-6)8-2-7(4-16)14-3-10(8)15-12(11)13;/h2-3,6H,5H2,1H3,(H2,13,15);/q-1;/t6-;/m1./s1. The van der Waals surface area contributed by atoms with E-state index in [0.29, 0.717) is 17.9 Å². The molecule has 1 atom stereocenters. The van der Waals surface area contributed by atoms with Crippen molar-refractivity contribution in [3.8, 4) is 0 Å². The number of hydrogen-bond donors (Lipinski definition) is 1. The van der Waals surface area contributed by atoms with Gasteiger partial charge in [-0.3, -0.25) is 4.98 Å². The van der Waals surface area contributed by atoms with Gasteiger partial charge in [0.25, 0.3) is 0 Å². The fourth-order valence-electron chi connectivity index (χ4n) is 2.23. The Balaban J connectivity index is 0.00000120. The van der Waals surface area contributed by atoms with E-state index < -0.39 is 0 Å². The minimum Gasteiger partial charge on any atom is -0.417 e. The first-order valence-electron chi connectivity index (χ1n) is 5.28. The molecule has 18 heavy (non-hydrogen) atoms. The van der Waals surface area contributed by atoms with E-state index in [1.807, 2.05) is 6.92 Å². The van der Waals surface area contributed by atoms with E-state index in [-0.39, 0.29) is 32.9 Å². The summed E-state index contributed by atoms with van der Waals surface area (Å²) in [5.74, 6) is 0.474. The molecule has 0 saturated heterocycles. The molecule has 1 aliphatic rings. The van der Waals surface area contributed by atoms with Gasteiger partial charge in [0.05, 0.1) is 18.2 Å². The molecule has 3 rings (SSSR count). The third-order valence-electron chi connectivity index (χ3n) is 3.04. The van der Waals surface area contributed by atoms with Crippen LogP contribution in [-0.2, 0) is 37.2 Å². The van der Waals surface area contributed by atoms with Crippen LogP contribution < -0.4 is 5.73 Å². The van der Waals surface area contributed by atoms with Crippen LogP contribution >= 0.6 is 0 Å². The second-order valence-electron chi connectivity index (χ2n) is 4.03. The predicted octanol–water partition coefficient (Wildman–Crippen LogP) is 1.26. The average Bonchev–Trinajstić information content (AvgIpc) is 2.72. The van der Waals surface area contributed by atoms with Gasteiger partial charge in [0.2, 0.25) is 0 Å². The number of nitrogen functional groups attached to an aromatic ring is 1. The maximum absolute atomic E-state index is 10.6. The van der Waals surface area contributed by atoms with E-state index in [0.717, 1.165) is 16.5 Å². The first-order chi connectivity index (χ1) is 8.20. The first-order valence-corrected chi connectivity index (χ1v) is 5.28. The molecular formula is C12H10MoN3O2-. The quantitative estimate of drug-likeness (QED) is 0.631. The fourth-order valence-corrected chi connectivity index (χ4v) is 2.23. The van der Waals surface area contributed by atoms with Gasteiger partial charge < -0.3 is 15.3 Å². The Kier molecular flexibility index (Phi) is 3.46. The van der Waals surface area contributed by atoms with Gasteiger partial charge in [-0.2, -0.15) is 6.07 Å². The van der Waals surface area contributed by atoms with E-state index in [9.17, 15) is 4.79 Å². The number of anilines is 1. The van der Waals surface area contributed by atoms with Gasteiger partial charge in [-0.05, 0) is 12.5 Å².